The fraction of sp³-hybridized carbons (Fsp3) is 0.533. The van der Waals surface area contributed by atoms with Crippen molar-refractivity contribution in [1.29, 1.82) is 0 Å². The summed E-state index contributed by atoms with van der Waals surface area (Å²) in [6.07, 6.45) is -0.368. The Morgan fingerprint density at radius 3 is 3.00 bits per heavy atom. The molecule has 1 aliphatic heterocycles. The zero-order valence-corrected chi connectivity index (χ0v) is 12.1. The highest BCUT2D eigenvalue weighted by atomic mass is 16.5. The molecule has 0 aromatic heterocycles. The average molecular weight is 278 g/mol. The first-order chi connectivity index (χ1) is 9.68. The van der Waals surface area contributed by atoms with E-state index < -0.39 is 0 Å². The number of amides is 1. The van der Waals surface area contributed by atoms with Crippen LogP contribution >= 0.6 is 0 Å². The number of ether oxygens (including phenoxy) is 2. The number of carbonyl (C=O) groups is 1. The Morgan fingerprint density at radius 2 is 2.30 bits per heavy atom. The Labute approximate surface area is 119 Å². The number of benzene rings is 1. The molecule has 1 aliphatic rings. The van der Waals surface area contributed by atoms with E-state index in [1.54, 1.807) is 11.9 Å². The molecule has 0 aliphatic carbocycles. The summed E-state index contributed by atoms with van der Waals surface area (Å²) < 4.78 is 11.1. The van der Waals surface area contributed by atoms with E-state index in [2.05, 4.69) is 5.32 Å². The molecule has 20 heavy (non-hydrogen) atoms. The van der Waals surface area contributed by atoms with Crippen LogP contribution in [0.1, 0.15) is 5.56 Å². The van der Waals surface area contributed by atoms with Crippen LogP contribution < -0.4 is 10.1 Å². The van der Waals surface area contributed by atoms with Gasteiger partial charge in [0.05, 0.1) is 13.2 Å². The maximum atomic E-state index is 12.1. The summed E-state index contributed by atoms with van der Waals surface area (Å²) in [4.78, 5) is 13.8. The minimum absolute atomic E-state index is 0.00517. The summed E-state index contributed by atoms with van der Waals surface area (Å²) in [6, 6.07) is 7.86. The van der Waals surface area contributed by atoms with Crippen molar-refractivity contribution in [2.24, 2.45) is 0 Å². The van der Waals surface area contributed by atoms with Crippen molar-refractivity contribution in [2.45, 2.75) is 13.0 Å². The number of carbonyl (C=O) groups excluding carboxylic acids is 1. The number of nitrogens with one attached hydrogen (secondary N) is 1. The van der Waals surface area contributed by atoms with Crippen molar-refractivity contribution in [3.8, 4) is 5.75 Å². The lowest BCUT2D eigenvalue weighted by Gasteiger charge is -2.27. The van der Waals surface area contributed by atoms with E-state index in [-0.39, 0.29) is 12.0 Å². The van der Waals surface area contributed by atoms with Crippen LogP contribution in [0, 0.1) is 6.92 Å². The third-order valence-corrected chi connectivity index (χ3v) is 3.36. The van der Waals surface area contributed by atoms with Crippen molar-refractivity contribution in [2.75, 3.05) is 39.9 Å². The molecular formula is C15H22N2O3. The summed E-state index contributed by atoms with van der Waals surface area (Å²) in [5.41, 5.74) is 1.10. The van der Waals surface area contributed by atoms with Gasteiger partial charge in [0, 0.05) is 20.1 Å². The smallest absolute Gasteiger partial charge is 0.252 e. The molecule has 0 unspecified atom stereocenters. The number of hydrogen-bond donors (Lipinski definition) is 1. The molecule has 5 heteroatoms. The molecule has 0 bridgehead atoms. The van der Waals surface area contributed by atoms with Gasteiger partial charge in [-0.15, -0.1) is 0 Å². The van der Waals surface area contributed by atoms with Crippen LogP contribution in [0.25, 0.3) is 0 Å². The van der Waals surface area contributed by atoms with Gasteiger partial charge in [-0.05, 0) is 18.6 Å². The number of para-hydroxylation sites is 1. The minimum Gasteiger partial charge on any atom is -0.491 e. The van der Waals surface area contributed by atoms with Gasteiger partial charge in [0.15, 0.2) is 0 Å². The predicted molar refractivity (Wildman–Crippen MR) is 76.9 cm³/mol. The summed E-state index contributed by atoms with van der Waals surface area (Å²) in [6.45, 7) is 5.02. The van der Waals surface area contributed by atoms with Gasteiger partial charge in [-0.25, -0.2) is 0 Å². The largest absolute Gasteiger partial charge is 0.491 e. The van der Waals surface area contributed by atoms with Crippen molar-refractivity contribution in [3.05, 3.63) is 29.8 Å². The zero-order chi connectivity index (χ0) is 14.4. The summed E-state index contributed by atoms with van der Waals surface area (Å²) in [7, 11) is 1.78. The Morgan fingerprint density at radius 1 is 1.50 bits per heavy atom. The van der Waals surface area contributed by atoms with Gasteiger partial charge in [-0.1, -0.05) is 18.2 Å². The molecule has 1 amide bonds. The second-order valence-corrected chi connectivity index (χ2v) is 4.94. The molecule has 1 heterocycles. The molecule has 1 aromatic carbocycles. The number of morpholine rings is 1. The Kier molecular flexibility index (Phi) is 5.38. The van der Waals surface area contributed by atoms with Gasteiger partial charge in [0.2, 0.25) is 0 Å². The lowest BCUT2D eigenvalue weighted by atomic mass is 10.2. The van der Waals surface area contributed by atoms with Crippen LogP contribution in [0.2, 0.25) is 0 Å². The molecule has 2 rings (SSSR count). The molecule has 0 saturated carbocycles. The molecule has 0 radical (unpaired) electrons. The molecule has 0 spiro atoms. The number of likely N-dealkylation sites (N-methyl/N-ethyl adjacent to an activating group) is 1. The van der Waals surface area contributed by atoms with Crippen molar-refractivity contribution >= 4 is 5.91 Å². The molecule has 110 valence electrons. The van der Waals surface area contributed by atoms with Crippen LogP contribution in [0.3, 0.4) is 0 Å². The predicted octanol–water partition coefficient (Wildman–Crippen LogP) is 0.821. The second-order valence-electron chi connectivity index (χ2n) is 4.94. The molecule has 5 nitrogen and oxygen atoms in total. The molecule has 1 atom stereocenters. The van der Waals surface area contributed by atoms with Gasteiger partial charge < -0.3 is 19.7 Å². The van der Waals surface area contributed by atoms with Crippen LogP contribution in [0.15, 0.2) is 24.3 Å². The van der Waals surface area contributed by atoms with Gasteiger partial charge in [0.1, 0.15) is 18.5 Å². The average Bonchev–Trinajstić information content (AvgIpc) is 2.49. The molecular weight excluding hydrogens is 256 g/mol. The standard InChI is InChI=1S/C15H22N2O3/c1-12-5-3-4-6-13(12)20-10-8-17(2)15(18)14-11-16-7-9-19-14/h3-6,14,16H,7-11H2,1-2H3/t14-/m0/s1. The molecule has 1 fully saturated rings. The topological polar surface area (TPSA) is 50.8 Å². The highest BCUT2D eigenvalue weighted by Gasteiger charge is 2.24. The Bertz CT molecular complexity index is 444. The SMILES string of the molecule is Cc1ccccc1OCCN(C)C(=O)[C@@H]1CNCCO1. The Balaban J connectivity index is 1.75. The summed E-state index contributed by atoms with van der Waals surface area (Å²) >= 11 is 0. The van der Waals surface area contributed by atoms with Gasteiger partial charge >= 0.3 is 0 Å². The first-order valence-corrected chi connectivity index (χ1v) is 6.94. The summed E-state index contributed by atoms with van der Waals surface area (Å²) in [5.74, 6) is 0.870. The first-order valence-electron chi connectivity index (χ1n) is 6.94. The first kappa shape index (κ1) is 14.8. The third-order valence-electron chi connectivity index (χ3n) is 3.36. The fourth-order valence-corrected chi connectivity index (χ4v) is 2.09. The number of aryl methyl sites for hydroxylation is 1. The molecule has 1 aromatic rings. The highest BCUT2D eigenvalue weighted by molar-refractivity contribution is 5.81. The maximum Gasteiger partial charge on any atom is 0.252 e. The van der Waals surface area contributed by atoms with E-state index in [4.69, 9.17) is 9.47 Å². The fourth-order valence-electron chi connectivity index (χ4n) is 2.09. The number of rotatable bonds is 5. The van der Waals surface area contributed by atoms with Gasteiger partial charge in [-0.3, -0.25) is 4.79 Å². The highest BCUT2D eigenvalue weighted by Crippen LogP contribution is 2.15. The van der Waals surface area contributed by atoms with Gasteiger partial charge in [-0.2, -0.15) is 0 Å². The van der Waals surface area contributed by atoms with E-state index in [0.717, 1.165) is 17.9 Å². The number of hydrogen-bond acceptors (Lipinski definition) is 4. The van der Waals surface area contributed by atoms with E-state index in [1.165, 1.54) is 0 Å². The second kappa shape index (κ2) is 7.26. The van der Waals surface area contributed by atoms with E-state index in [0.29, 0.717) is 26.3 Å². The molecule has 1 N–H and O–H groups in total. The van der Waals surface area contributed by atoms with Crippen LogP contribution in [0.4, 0.5) is 0 Å². The van der Waals surface area contributed by atoms with E-state index >= 15 is 0 Å². The van der Waals surface area contributed by atoms with Crippen molar-refractivity contribution in [1.82, 2.24) is 10.2 Å². The third kappa shape index (κ3) is 3.95. The van der Waals surface area contributed by atoms with Crippen molar-refractivity contribution in [3.63, 3.8) is 0 Å². The monoisotopic (exact) mass is 278 g/mol. The lowest BCUT2D eigenvalue weighted by molar-refractivity contribution is -0.144. The Hall–Kier alpha value is -1.59. The normalized spacial score (nSPS) is 18.6. The zero-order valence-electron chi connectivity index (χ0n) is 12.1. The van der Waals surface area contributed by atoms with Crippen LogP contribution in [-0.2, 0) is 9.53 Å². The minimum atomic E-state index is -0.368. The van der Waals surface area contributed by atoms with Crippen LogP contribution in [0.5, 0.6) is 5.75 Å². The van der Waals surface area contributed by atoms with Crippen LogP contribution in [-0.4, -0.2) is 56.8 Å². The number of nitrogens with zero attached hydrogens (tertiary/aromatic N) is 1. The van der Waals surface area contributed by atoms with Gasteiger partial charge in [0.25, 0.3) is 5.91 Å². The van der Waals surface area contributed by atoms with E-state index in [1.807, 2.05) is 31.2 Å². The quantitative estimate of drug-likeness (QED) is 0.866. The van der Waals surface area contributed by atoms with E-state index in [9.17, 15) is 4.79 Å². The molecule has 1 saturated heterocycles. The maximum absolute atomic E-state index is 12.1. The van der Waals surface area contributed by atoms with Crippen molar-refractivity contribution < 1.29 is 14.3 Å². The lowest BCUT2D eigenvalue weighted by Crippen LogP contribution is -2.49. The summed E-state index contributed by atoms with van der Waals surface area (Å²) in [5, 5.41) is 3.16.